The predicted molar refractivity (Wildman–Crippen MR) is 50.1 cm³/mol. The summed E-state index contributed by atoms with van der Waals surface area (Å²) in [7, 11) is 1.52. The van der Waals surface area contributed by atoms with Gasteiger partial charge in [-0.2, -0.15) is 0 Å². The van der Waals surface area contributed by atoms with Crippen molar-refractivity contribution in [3.8, 4) is 0 Å². The molecule has 12 heavy (non-hydrogen) atoms. The van der Waals surface area contributed by atoms with Gasteiger partial charge in [0.1, 0.15) is 0 Å². The number of alkyl halides is 1. The molecule has 0 aliphatic heterocycles. The predicted octanol–water partition coefficient (Wildman–Crippen LogP) is 0.0221. The van der Waals surface area contributed by atoms with Crippen LogP contribution in [0.3, 0.4) is 0 Å². The Morgan fingerprint density at radius 1 is 1.42 bits per heavy atom. The number of halogens is 1. The third kappa shape index (κ3) is 4.33. The van der Waals surface area contributed by atoms with Crippen molar-refractivity contribution in [2.75, 3.05) is 13.6 Å². The van der Waals surface area contributed by atoms with E-state index < -0.39 is 4.32 Å². The van der Waals surface area contributed by atoms with Crippen LogP contribution in [0.2, 0.25) is 0 Å². The quantitative estimate of drug-likeness (QED) is 0.680. The van der Waals surface area contributed by atoms with E-state index in [0.29, 0.717) is 0 Å². The minimum absolute atomic E-state index is 0.0182. The number of amides is 2. The van der Waals surface area contributed by atoms with Crippen LogP contribution in [0.5, 0.6) is 0 Å². The Hall–Kier alpha value is -0.580. The van der Waals surface area contributed by atoms with Crippen LogP contribution in [0.15, 0.2) is 0 Å². The highest BCUT2D eigenvalue weighted by Gasteiger charge is 2.23. The lowest BCUT2D eigenvalue weighted by molar-refractivity contribution is -0.126. The normalized spacial score (nSPS) is 10.7. The molecule has 0 unspecified atom stereocenters. The number of hydrogen-bond acceptors (Lipinski definition) is 2. The van der Waals surface area contributed by atoms with Gasteiger partial charge in [-0.1, -0.05) is 15.9 Å². The number of rotatable bonds is 3. The zero-order valence-corrected chi connectivity index (χ0v) is 8.99. The fourth-order valence-electron chi connectivity index (χ4n) is 0.459. The first-order valence-electron chi connectivity index (χ1n) is 3.55. The van der Waals surface area contributed by atoms with Crippen molar-refractivity contribution >= 4 is 27.7 Å². The lowest BCUT2D eigenvalue weighted by atomic mass is 10.2. The summed E-state index contributed by atoms with van der Waals surface area (Å²) in [5.41, 5.74) is 0. The standard InChI is InChI=1S/C7H13BrN2O2/c1-7(2,8)6(12)10-4-5(11)9-3/h4H2,1-3H3,(H,9,11)(H,10,12). The summed E-state index contributed by atoms with van der Waals surface area (Å²) in [6.07, 6.45) is 0. The van der Waals surface area contributed by atoms with Crippen molar-refractivity contribution in [1.82, 2.24) is 10.6 Å². The van der Waals surface area contributed by atoms with E-state index in [4.69, 9.17) is 0 Å². The molecule has 0 aromatic carbocycles. The first-order chi connectivity index (χ1) is 5.38. The molecule has 0 fully saturated rings. The molecule has 0 aliphatic rings. The van der Waals surface area contributed by atoms with Crippen LogP contribution in [0, 0.1) is 0 Å². The zero-order chi connectivity index (χ0) is 9.78. The molecule has 0 aromatic heterocycles. The highest BCUT2D eigenvalue weighted by Crippen LogP contribution is 2.14. The molecule has 5 heteroatoms. The minimum Gasteiger partial charge on any atom is -0.358 e. The van der Waals surface area contributed by atoms with Gasteiger partial charge in [0.05, 0.1) is 10.9 Å². The molecule has 0 atom stereocenters. The van der Waals surface area contributed by atoms with E-state index in [9.17, 15) is 9.59 Å². The van der Waals surface area contributed by atoms with Gasteiger partial charge in [-0.15, -0.1) is 0 Å². The molecule has 0 spiro atoms. The second kappa shape index (κ2) is 4.45. The molecule has 0 saturated heterocycles. The third-order valence-electron chi connectivity index (χ3n) is 1.23. The van der Waals surface area contributed by atoms with Crippen molar-refractivity contribution in [1.29, 1.82) is 0 Å². The Morgan fingerprint density at radius 2 is 1.92 bits per heavy atom. The zero-order valence-electron chi connectivity index (χ0n) is 7.40. The highest BCUT2D eigenvalue weighted by atomic mass is 79.9. The van der Waals surface area contributed by atoms with Gasteiger partial charge in [-0.05, 0) is 13.8 Å². The molecule has 0 saturated carbocycles. The largest absolute Gasteiger partial charge is 0.358 e. The van der Waals surface area contributed by atoms with Crippen molar-refractivity contribution in [2.24, 2.45) is 0 Å². The van der Waals surface area contributed by atoms with Gasteiger partial charge in [0.15, 0.2) is 0 Å². The molecular weight excluding hydrogens is 224 g/mol. The topological polar surface area (TPSA) is 58.2 Å². The summed E-state index contributed by atoms with van der Waals surface area (Å²) in [6.45, 7) is 3.45. The molecule has 0 heterocycles. The fraction of sp³-hybridized carbons (Fsp3) is 0.714. The monoisotopic (exact) mass is 236 g/mol. The van der Waals surface area contributed by atoms with Gasteiger partial charge in [0.2, 0.25) is 11.8 Å². The Labute approximate surface area is 80.2 Å². The Morgan fingerprint density at radius 3 is 2.25 bits per heavy atom. The summed E-state index contributed by atoms with van der Waals surface area (Å²) in [6, 6.07) is 0. The number of carbonyl (C=O) groups is 2. The van der Waals surface area contributed by atoms with Gasteiger partial charge in [0, 0.05) is 7.05 Å². The molecule has 0 bridgehead atoms. The average Bonchev–Trinajstić information content (AvgIpc) is 1.97. The van der Waals surface area contributed by atoms with Crippen molar-refractivity contribution in [3.05, 3.63) is 0 Å². The van der Waals surface area contributed by atoms with Crippen molar-refractivity contribution in [3.63, 3.8) is 0 Å². The number of likely N-dealkylation sites (N-methyl/N-ethyl adjacent to an activating group) is 1. The highest BCUT2D eigenvalue weighted by molar-refractivity contribution is 9.10. The maximum Gasteiger partial charge on any atom is 0.239 e. The molecule has 2 N–H and O–H groups in total. The minimum atomic E-state index is -0.624. The van der Waals surface area contributed by atoms with Gasteiger partial charge in [0.25, 0.3) is 0 Å². The lowest BCUT2D eigenvalue weighted by Gasteiger charge is -2.14. The number of carbonyl (C=O) groups excluding carboxylic acids is 2. The van der Waals surface area contributed by atoms with Gasteiger partial charge in [-0.3, -0.25) is 9.59 Å². The number of nitrogens with one attached hydrogen (secondary N) is 2. The van der Waals surface area contributed by atoms with E-state index in [1.165, 1.54) is 7.05 Å². The summed E-state index contributed by atoms with van der Waals surface area (Å²) in [5, 5.41) is 4.88. The molecule has 0 aromatic rings. The van der Waals surface area contributed by atoms with E-state index in [0.717, 1.165) is 0 Å². The van der Waals surface area contributed by atoms with Crippen LogP contribution in [0.25, 0.3) is 0 Å². The maximum absolute atomic E-state index is 11.1. The first kappa shape index (κ1) is 11.4. The number of hydrogen-bond donors (Lipinski definition) is 2. The molecule has 2 amide bonds. The smallest absolute Gasteiger partial charge is 0.239 e. The van der Waals surface area contributed by atoms with Crippen LogP contribution in [-0.4, -0.2) is 29.7 Å². The molecule has 0 radical (unpaired) electrons. The lowest BCUT2D eigenvalue weighted by Crippen LogP contribution is -2.42. The first-order valence-corrected chi connectivity index (χ1v) is 4.35. The molecule has 4 nitrogen and oxygen atoms in total. The van der Waals surface area contributed by atoms with Gasteiger partial charge < -0.3 is 10.6 Å². The molecular formula is C7H13BrN2O2. The van der Waals surface area contributed by atoms with E-state index in [-0.39, 0.29) is 18.4 Å². The Balaban J connectivity index is 3.81. The maximum atomic E-state index is 11.1. The SMILES string of the molecule is CNC(=O)CNC(=O)C(C)(C)Br. The second-order valence-corrected chi connectivity index (χ2v) is 4.81. The van der Waals surface area contributed by atoms with Crippen LogP contribution in [0.4, 0.5) is 0 Å². The van der Waals surface area contributed by atoms with E-state index >= 15 is 0 Å². The van der Waals surface area contributed by atoms with E-state index in [1.807, 2.05) is 0 Å². The average molecular weight is 237 g/mol. The van der Waals surface area contributed by atoms with Crippen molar-refractivity contribution < 1.29 is 9.59 Å². The van der Waals surface area contributed by atoms with E-state index in [1.54, 1.807) is 13.8 Å². The Bertz CT molecular complexity index is 186. The van der Waals surface area contributed by atoms with Crippen LogP contribution >= 0.6 is 15.9 Å². The second-order valence-electron chi connectivity index (χ2n) is 2.83. The molecule has 0 rings (SSSR count). The van der Waals surface area contributed by atoms with E-state index in [2.05, 4.69) is 26.6 Å². The summed E-state index contributed by atoms with van der Waals surface area (Å²) >= 11 is 3.17. The van der Waals surface area contributed by atoms with Gasteiger partial charge in [-0.25, -0.2) is 0 Å². The van der Waals surface area contributed by atoms with Crippen LogP contribution < -0.4 is 10.6 Å². The van der Waals surface area contributed by atoms with Crippen LogP contribution in [0.1, 0.15) is 13.8 Å². The molecule has 0 aliphatic carbocycles. The van der Waals surface area contributed by atoms with Crippen molar-refractivity contribution in [2.45, 2.75) is 18.2 Å². The fourth-order valence-corrected chi connectivity index (χ4v) is 0.599. The van der Waals surface area contributed by atoms with Crippen LogP contribution in [-0.2, 0) is 9.59 Å². The van der Waals surface area contributed by atoms with Gasteiger partial charge >= 0.3 is 0 Å². The summed E-state index contributed by atoms with van der Waals surface area (Å²) < 4.78 is -0.624. The summed E-state index contributed by atoms with van der Waals surface area (Å²) in [5.74, 6) is -0.411. The Kier molecular flexibility index (Phi) is 4.23. The molecule has 70 valence electrons. The summed E-state index contributed by atoms with van der Waals surface area (Å²) in [4.78, 5) is 21.8. The third-order valence-corrected chi connectivity index (χ3v) is 1.59.